The van der Waals surface area contributed by atoms with Gasteiger partial charge >= 0.3 is 0 Å². The minimum absolute atomic E-state index is 0.642. The van der Waals surface area contributed by atoms with E-state index in [9.17, 15) is 4.21 Å². The Bertz CT molecular complexity index is 312. The zero-order chi connectivity index (χ0) is 9.14. The van der Waals surface area contributed by atoms with Crippen molar-refractivity contribution in [2.24, 2.45) is 0 Å². The summed E-state index contributed by atoms with van der Waals surface area (Å²) in [5, 5.41) is 0. The molecular weight excluding hydrogens is 174 g/mol. The maximum atomic E-state index is 11.2. The summed E-state index contributed by atoms with van der Waals surface area (Å²) in [5.74, 6) is 0. The Balaban J connectivity index is 3.09. The van der Waals surface area contributed by atoms with Gasteiger partial charge in [-0.2, -0.15) is 0 Å². The second-order valence-electron chi connectivity index (χ2n) is 2.44. The number of aromatic nitrogens is 1. The second kappa shape index (κ2) is 3.78. The molecule has 0 aliphatic heterocycles. The van der Waals surface area contributed by atoms with Gasteiger partial charge in [-0.3, -0.25) is 9.17 Å². The average molecular weight is 185 g/mol. The largest absolute Gasteiger partial charge is 0.290 e. The molecule has 1 unspecified atom stereocenters. The first-order valence-electron chi connectivity index (χ1n) is 3.55. The van der Waals surface area contributed by atoms with Crippen molar-refractivity contribution < 1.29 is 8.39 Å². The number of hydrogen-bond donors (Lipinski definition) is 0. The zero-order valence-electron chi connectivity index (χ0n) is 7.33. The van der Waals surface area contributed by atoms with Gasteiger partial charge in [-0.25, -0.2) is 4.21 Å². The van der Waals surface area contributed by atoms with Crippen LogP contribution in [0, 0.1) is 13.8 Å². The lowest BCUT2D eigenvalue weighted by molar-refractivity contribution is 0.445. The number of rotatable bonds is 2. The number of aryl methyl sites for hydroxylation is 2. The Morgan fingerprint density at radius 1 is 1.42 bits per heavy atom. The molecule has 0 amide bonds. The third kappa shape index (κ3) is 1.89. The molecule has 0 radical (unpaired) electrons. The summed E-state index contributed by atoms with van der Waals surface area (Å²) < 4.78 is 15.9. The molecule has 4 heteroatoms. The fourth-order valence-electron chi connectivity index (χ4n) is 0.940. The van der Waals surface area contributed by atoms with Crippen LogP contribution in [0.3, 0.4) is 0 Å². The summed E-state index contributed by atoms with van der Waals surface area (Å²) in [7, 11) is 1.41. The molecule has 1 aromatic heterocycles. The molecule has 0 aromatic carbocycles. The Morgan fingerprint density at radius 2 is 2.08 bits per heavy atom. The van der Waals surface area contributed by atoms with E-state index < -0.39 is 11.1 Å². The summed E-state index contributed by atoms with van der Waals surface area (Å²) >= 11 is -1.37. The standard InChI is InChI=1S/C8H11NO2S/c1-6-4-5-8(7(2)9-6)12(10)11-3/h4-5H,1-3H3. The van der Waals surface area contributed by atoms with Crippen LogP contribution in [-0.4, -0.2) is 16.3 Å². The van der Waals surface area contributed by atoms with Gasteiger partial charge in [0.15, 0.2) is 11.1 Å². The Hall–Kier alpha value is -0.740. The van der Waals surface area contributed by atoms with Crippen molar-refractivity contribution in [2.75, 3.05) is 7.11 Å². The Kier molecular flexibility index (Phi) is 2.94. The number of hydrogen-bond acceptors (Lipinski definition) is 3. The smallest absolute Gasteiger partial charge is 0.190 e. The molecule has 1 heterocycles. The molecule has 12 heavy (non-hydrogen) atoms. The summed E-state index contributed by atoms with van der Waals surface area (Å²) in [6.45, 7) is 3.71. The Labute approximate surface area is 74.4 Å². The van der Waals surface area contributed by atoms with Gasteiger partial charge in [0.25, 0.3) is 0 Å². The first-order valence-corrected chi connectivity index (χ1v) is 4.63. The highest BCUT2D eigenvalue weighted by Crippen LogP contribution is 2.11. The van der Waals surface area contributed by atoms with Crippen molar-refractivity contribution in [3.05, 3.63) is 23.5 Å². The van der Waals surface area contributed by atoms with E-state index in [1.165, 1.54) is 7.11 Å². The van der Waals surface area contributed by atoms with Crippen molar-refractivity contribution in [1.82, 2.24) is 4.98 Å². The summed E-state index contributed by atoms with van der Waals surface area (Å²) in [6.07, 6.45) is 0. The van der Waals surface area contributed by atoms with E-state index in [0.29, 0.717) is 4.90 Å². The Morgan fingerprint density at radius 3 is 2.58 bits per heavy atom. The first kappa shape index (κ1) is 9.35. The average Bonchev–Trinajstić information content (AvgIpc) is 2.03. The van der Waals surface area contributed by atoms with Gasteiger partial charge in [-0.05, 0) is 26.0 Å². The normalized spacial score (nSPS) is 12.9. The molecule has 1 atom stereocenters. The van der Waals surface area contributed by atoms with E-state index in [0.717, 1.165) is 11.4 Å². The fraction of sp³-hybridized carbons (Fsp3) is 0.375. The zero-order valence-corrected chi connectivity index (χ0v) is 8.14. The van der Waals surface area contributed by atoms with Gasteiger partial charge in [0.2, 0.25) is 0 Å². The SMILES string of the molecule is COS(=O)c1ccc(C)nc1C. The van der Waals surface area contributed by atoms with Crippen molar-refractivity contribution >= 4 is 11.1 Å². The molecule has 0 fully saturated rings. The van der Waals surface area contributed by atoms with Crippen LogP contribution in [0.1, 0.15) is 11.4 Å². The van der Waals surface area contributed by atoms with Crippen LogP contribution in [0.25, 0.3) is 0 Å². The maximum Gasteiger partial charge on any atom is 0.190 e. The lowest BCUT2D eigenvalue weighted by Gasteiger charge is -2.02. The molecule has 1 rings (SSSR count). The van der Waals surface area contributed by atoms with Gasteiger partial charge in [-0.15, -0.1) is 0 Å². The summed E-state index contributed by atoms with van der Waals surface area (Å²) in [5.41, 5.74) is 1.68. The third-order valence-corrected chi connectivity index (χ3v) is 2.60. The lowest BCUT2D eigenvalue weighted by atomic mass is 10.3. The predicted octanol–water partition coefficient (Wildman–Crippen LogP) is 1.37. The molecule has 0 aliphatic rings. The van der Waals surface area contributed by atoms with E-state index in [-0.39, 0.29) is 0 Å². The maximum absolute atomic E-state index is 11.2. The highest BCUT2D eigenvalue weighted by atomic mass is 32.2. The van der Waals surface area contributed by atoms with Gasteiger partial charge in [-0.1, -0.05) is 0 Å². The molecule has 1 aromatic rings. The van der Waals surface area contributed by atoms with Crippen LogP contribution < -0.4 is 0 Å². The molecule has 0 saturated carbocycles. The van der Waals surface area contributed by atoms with Crippen molar-refractivity contribution in [2.45, 2.75) is 18.7 Å². The lowest BCUT2D eigenvalue weighted by Crippen LogP contribution is -1.99. The predicted molar refractivity (Wildman–Crippen MR) is 47.1 cm³/mol. The van der Waals surface area contributed by atoms with Crippen molar-refractivity contribution in [3.8, 4) is 0 Å². The summed E-state index contributed by atoms with van der Waals surface area (Å²) in [4.78, 5) is 4.81. The second-order valence-corrected chi connectivity index (χ2v) is 3.68. The van der Waals surface area contributed by atoms with Crippen LogP contribution in [0.15, 0.2) is 17.0 Å². The topological polar surface area (TPSA) is 39.2 Å². The van der Waals surface area contributed by atoms with Gasteiger partial charge in [0, 0.05) is 5.69 Å². The van der Waals surface area contributed by atoms with Crippen molar-refractivity contribution in [1.29, 1.82) is 0 Å². The van der Waals surface area contributed by atoms with Gasteiger partial charge < -0.3 is 0 Å². The first-order chi connectivity index (χ1) is 5.65. The number of nitrogens with zero attached hydrogens (tertiary/aromatic N) is 1. The van der Waals surface area contributed by atoms with Crippen molar-refractivity contribution in [3.63, 3.8) is 0 Å². The quantitative estimate of drug-likeness (QED) is 0.698. The van der Waals surface area contributed by atoms with E-state index in [4.69, 9.17) is 0 Å². The monoisotopic (exact) mass is 185 g/mol. The molecule has 3 nitrogen and oxygen atoms in total. The summed E-state index contributed by atoms with van der Waals surface area (Å²) in [6, 6.07) is 3.59. The van der Waals surface area contributed by atoms with Crippen LogP contribution in [0.2, 0.25) is 0 Å². The molecule has 0 aliphatic carbocycles. The molecule has 0 bridgehead atoms. The molecular formula is C8H11NO2S. The highest BCUT2D eigenvalue weighted by molar-refractivity contribution is 7.80. The number of pyridine rings is 1. The highest BCUT2D eigenvalue weighted by Gasteiger charge is 2.06. The molecule has 66 valence electrons. The van der Waals surface area contributed by atoms with E-state index >= 15 is 0 Å². The van der Waals surface area contributed by atoms with Gasteiger partial charge in [0.1, 0.15) is 0 Å². The van der Waals surface area contributed by atoms with Crippen LogP contribution in [0.5, 0.6) is 0 Å². The minimum atomic E-state index is -1.37. The van der Waals surface area contributed by atoms with E-state index in [1.54, 1.807) is 6.07 Å². The third-order valence-electron chi connectivity index (χ3n) is 1.51. The van der Waals surface area contributed by atoms with Gasteiger partial charge in [0.05, 0.1) is 17.7 Å². The minimum Gasteiger partial charge on any atom is -0.290 e. The van der Waals surface area contributed by atoms with E-state index in [2.05, 4.69) is 9.17 Å². The molecule has 0 saturated heterocycles. The van der Waals surface area contributed by atoms with E-state index in [1.807, 2.05) is 19.9 Å². The molecule has 0 N–H and O–H groups in total. The fourth-order valence-corrected chi connectivity index (χ4v) is 1.59. The molecule has 0 spiro atoms. The van der Waals surface area contributed by atoms with Crippen LogP contribution in [0.4, 0.5) is 0 Å². The van der Waals surface area contributed by atoms with Crippen LogP contribution in [-0.2, 0) is 15.3 Å². The van der Waals surface area contributed by atoms with Crippen LogP contribution >= 0.6 is 0 Å².